The van der Waals surface area contributed by atoms with Crippen molar-refractivity contribution in [2.75, 3.05) is 19.8 Å². The molecule has 0 bridgehead atoms. The molecule has 0 radical (unpaired) electrons. The first-order chi connectivity index (χ1) is 7.38. The molecule has 0 spiro atoms. The van der Waals surface area contributed by atoms with Gasteiger partial charge in [-0.25, -0.2) is 0 Å². The Labute approximate surface area is 94.8 Å². The zero-order valence-corrected chi connectivity index (χ0v) is 10.4. The highest BCUT2D eigenvalue weighted by Crippen LogP contribution is 2.18. The number of nitrogens with one attached hydrogen (secondary N) is 1. The first-order valence-electron chi connectivity index (χ1n) is 6.69. The number of hydrogen-bond acceptors (Lipinski definition) is 2. The van der Waals surface area contributed by atoms with Gasteiger partial charge in [0.1, 0.15) is 0 Å². The number of rotatable bonds is 8. The summed E-state index contributed by atoms with van der Waals surface area (Å²) in [5, 5.41) is 3.69. The van der Waals surface area contributed by atoms with Crippen molar-refractivity contribution in [3.8, 4) is 0 Å². The maximum absolute atomic E-state index is 5.44. The second-order valence-corrected chi connectivity index (χ2v) is 4.65. The third kappa shape index (κ3) is 4.98. The molecule has 1 rings (SSSR count). The minimum absolute atomic E-state index is 0.689. The van der Waals surface area contributed by atoms with E-state index in [4.69, 9.17) is 4.74 Å². The molecule has 1 aliphatic heterocycles. The molecule has 1 aliphatic rings. The predicted octanol–water partition coefficient (Wildman–Crippen LogP) is 2.97. The monoisotopic (exact) mass is 213 g/mol. The maximum Gasteiger partial charge on any atom is 0.0509 e. The van der Waals surface area contributed by atoms with Crippen LogP contribution in [0.2, 0.25) is 0 Å². The average molecular weight is 213 g/mol. The largest absolute Gasteiger partial charge is 0.381 e. The highest BCUT2D eigenvalue weighted by atomic mass is 16.5. The Kier molecular flexibility index (Phi) is 7.03. The molecule has 1 heterocycles. The molecule has 0 saturated carbocycles. The van der Waals surface area contributed by atoms with Gasteiger partial charge in [0.25, 0.3) is 0 Å². The van der Waals surface area contributed by atoms with Crippen LogP contribution in [-0.2, 0) is 4.74 Å². The summed E-state index contributed by atoms with van der Waals surface area (Å²) in [6, 6.07) is 0.689. The quantitative estimate of drug-likeness (QED) is 0.626. The number of hydrogen-bond donors (Lipinski definition) is 1. The number of ether oxygens (including phenoxy) is 1. The van der Waals surface area contributed by atoms with Gasteiger partial charge in [0, 0.05) is 12.6 Å². The highest BCUT2D eigenvalue weighted by Gasteiger charge is 2.23. The fourth-order valence-electron chi connectivity index (χ4n) is 2.35. The van der Waals surface area contributed by atoms with Gasteiger partial charge in [0.2, 0.25) is 0 Å². The van der Waals surface area contributed by atoms with Crippen molar-refractivity contribution in [2.45, 2.75) is 58.4 Å². The minimum atomic E-state index is 0.689. The third-order valence-electron chi connectivity index (χ3n) is 3.41. The van der Waals surface area contributed by atoms with Gasteiger partial charge in [-0.05, 0) is 31.7 Å². The maximum atomic E-state index is 5.44. The molecule has 1 saturated heterocycles. The van der Waals surface area contributed by atoms with Gasteiger partial charge >= 0.3 is 0 Å². The summed E-state index contributed by atoms with van der Waals surface area (Å²) >= 11 is 0. The fraction of sp³-hybridized carbons (Fsp3) is 1.00. The smallest absolute Gasteiger partial charge is 0.0509 e. The standard InChI is InChI=1S/C13H27NO/c1-3-5-6-7-9-14-13(4-2)12-8-10-15-11-12/h12-14H,3-11H2,1-2H3. The molecule has 2 unspecified atom stereocenters. The Morgan fingerprint density at radius 3 is 2.73 bits per heavy atom. The van der Waals surface area contributed by atoms with Crippen molar-refractivity contribution in [2.24, 2.45) is 5.92 Å². The van der Waals surface area contributed by atoms with E-state index >= 15 is 0 Å². The lowest BCUT2D eigenvalue weighted by Gasteiger charge is -2.22. The second kappa shape index (κ2) is 8.12. The summed E-state index contributed by atoms with van der Waals surface area (Å²) in [6.07, 6.45) is 7.90. The molecule has 2 nitrogen and oxygen atoms in total. The Bertz CT molecular complexity index is 143. The van der Waals surface area contributed by atoms with E-state index in [1.165, 1.54) is 45.1 Å². The SMILES string of the molecule is CCCCCCNC(CC)C1CCOC1. The molecule has 2 heteroatoms. The van der Waals surface area contributed by atoms with Crippen LogP contribution in [0.25, 0.3) is 0 Å². The normalized spacial score (nSPS) is 23.2. The molecule has 0 aromatic carbocycles. The predicted molar refractivity (Wildman–Crippen MR) is 65.1 cm³/mol. The first kappa shape index (κ1) is 13.0. The van der Waals surface area contributed by atoms with E-state index in [0.717, 1.165) is 19.1 Å². The summed E-state index contributed by atoms with van der Waals surface area (Å²) < 4.78 is 5.44. The first-order valence-corrected chi connectivity index (χ1v) is 6.69. The van der Waals surface area contributed by atoms with E-state index in [9.17, 15) is 0 Å². The molecule has 0 amide bonds. The van der Waals surface area contributed by atoms with Gasteiger partial charge in [0.15, 0.2) is 0 Å². The van der Waals surface area contributed by atoms with E-state index in [-0.39, 0.29) is 0 Å². The van der Waals surface area contributed by atoms with E-state index in [1.54, 1.807) is 0 Å². The van der Waals surface area contributed by atoms with Crippen molar-refractivity contribution >= 4 is 0 Å². The van der Waals surface area contributed by atoms with Crippen LogP contribution < -0.4 is 5.32 Å². The van der Waals surface area contributed by atoms with Crippen LogP contribution in [0.15, 0.2) is 0 Å². The van der Waals surface area contributed by atoms with Crippen molar-refractivity contribution in [1.29, 1.82) is 0 Å². The van der Waals surface area contributed by atoms with Crippen LogP contribution in [-0.4, -0.2) is 25.8 Å². The van der Waals surface area contributed by atoms with E-state index in [1.807, 2.05) is 0 Å². The van der Waals surface area contributed by atoms with E-state index in [0.29, 0.717) is 6.04 Å². The summed E-state index contributed by atoms with van der Waals surface area (Å²) in [6.45, 7) is 7.67. The Balaban J connectivity index is 2.05. The molecule has 0 aromatic heterocycles. The zero-order valence-electron chi connectivity index (χ0n) is 10.4. The van der Waals surface area contributed by atoms with Crippen LogP contribution in [0.3, 0.4) is 0 Å². The Morgan fingerprint density at radius 2 is 2.13 bits per heavy atom. The molecule has 15 heavy (non-hydrogen) atoms. The Morgan fingerprint density at radius 1 is 1.27 bits per heavy atom. The summed E-state index contributed by atoms with van der Waals surface area (Å²) in [5.41, 5.74) is 0. The molecule has 90 valence electrons. The lowest BCUT2D eigenvalue weighted by atomic mass is 9.97. The molecular weight excluding hydrogens is 186 g/mol. The second-order valence-electron chi connectivity index (χ2n) is 4.65. The van der Waals surface area contributed by atoms with Gasteiger partial charge in [0.05, 0.1) is 6.61 Å². The molecular formula is C13H27NO. The minimum Gasteiger partial charge on any atom is -0.381 e. The molecule has 1 fully saturated rings. The van der Waals surface area contributed by atoms with Crippen LogP contribution in [0.4, 0.5) is 0 Å². The van der Waals surface area contributed by atoms with Crippen LogP contribution in [0.5, 0.6) is 0 Å². The molecule has 0 aliphatic carbocycles. The molecule has 2 atom stereocenters. The summed E-state index contributed by atoms with van der Waals surface area (Å²) in [7, 11) is 0. The van der Waals surface area contributed by atoms with Gasteiger partial charge in [-0.1, -0.05) is 33.1 Å². The summed E-state index contributed by atoms with van der Waals surface area (Å²) in [5.74, 6) is 0.765. The lowest BCUT2D eigenvalue weighted by Crippen LogP contribution is -2.36. The number of unbranched alkanes of at least 4 members (excludes halogenated alkanes) is 3. The third-order valence-corrected chi connectivity index (χ3v) is 3.41. The van der Waals surface area contributed by atoms with E-state index < -0.39 is 0 Å². The average Bonchev–Trinajstić information content (AvgIpc) is 2.77. The van der Waals surface area contributed by atoms with Gasteiger partial charge < -0.3 is 10.1 Å². The van der Waals surface area contributed by atoms with Crippen molar-refractivity contribution in [1.82, 2.24) is 5.32 Å². The molecule has 1 N–H and O–H groups in total. The van der Waals surface area contributed by atoms with Crippen molar-refractivity contribution in [3.05, 3.63) is 0 Å². The highest BCUT2D eigenvalue weighted by molar-refractivity contribution is 4.78. The van der Waals surface area contributed by atoms with Gasteiger partial charge in [-0.15, -0.1) is 0 Å². The molecule has 0 aromatic rings. The Hall–Kier alpha value is -0.0800. The van der Waals surface area contributed by atoms with Crippen LogP contribution >= 0.6 is 0 Å². The topological polar surface area (TPSA) is 21.3 Å². The zero-order chi connectivity index (χ0) is 10.9. The summed E-state index contributed by atoms with van der Waals surface area (Å²) in [4.78, 5) is 0. The fourth-order valence-corrected chi connectivity index (χ4v) is 2.35. The van der Waals surface area contributed by atoms with Gasteiger partial charge in [-0.2, -0.15) is 0 Å². The van der Waals surface area contributed by atoms with Crippen molar-refractivity contribution in [3.63, 3.8) is 0 Å². The van der Waals surface area contributed by atoms with Crippen LogP contribution in [0.1, 0.15) is 52.4 Å². The van der Waals surface area contributed by atoms with Crippen LogP contribution in [0, 0.1) is 5.92 Å². The van der Waals surface area contributed by atoms with E-state index in [2.05, 4.69) is 19.2 Å². The van der Waals surface area contributed by atoms with Gasteiger partial charge in [-0.3, -0.25) is 0 Å². The van der Waals surface area contributed by atoms with Crippen molar-refractivity contribution < 1.29 is 4.74 Å². The lowest BCUT2D eigenvalue weighted by molar-refractivity contribution is 0.175.